The first-order valence-corrected chi connectivity index (χ1v) is 8.99. The Morgan fingerprint density at radius 2 is 1.75 bits per heavy atom. The average Bonchev–Trinajstić information content (AvgIpc) is 2.70. The summed E-state index contributed by atoms with van der Waals surface area (Å²) >= 11 is 0. The van der Waals surface area contributed by atoms with Gasteiger partial charge in [0.15, 0.2) is 5.82 Å². The molecule has 5 nitrogen and oxygen atoms in total. The van der Waals surface area contributed by atoms with Gasteiger partial charge in [-0.25, -0.2) is 9.97 Å². The Kier molecular flexibility index (Phi) is 4.72. The summed E-state index contributed by atoms with van der Waals surface area (Å²) in [6.07, 6.45) is 1.89. The first-order chi connectivity index (χ1) is 13.6. The summed E-state index contributed by atoms with van der Waals surface area (Å²) in [6, 6.07) is 20.8. The molecule has 1 amide bonds. The number of aromatic hydroxyl groups is 1. The molecule has 0 aliphatic carbocycles. The average molecular weight is 369 g/mol. The number of nitrogens with zero attached hydrogens (tertiary/aromatic N) is 2. The molecule has 0 fully saturated rings. The van der Waals surface area contributed by atoms with Crippen molar-refractivity contribution in [3.8, 4) is 17.0 Å². The standard InChI is InChI=1S/C23H19N3O2/c1-15-23(24-14-21(25-15)18-8-10-20(27)11-9-18)26-22(28)13-16-6-7-17-4-2-3-5-19(17)12-16/h2-12,14,27H,13H2,1H3,(H,24,26,28). The zero-order chi connectivity index (χ0) is 19.5. The Morgan fingerprint density at radius 1 is 1.00 bits per heavy atom. The normalized spacial score (nSPS) is 10.8. The molecule has 1 heterocycles. The number of aromatic nitrogens is 2. The predicted molar refractivity (Wildman–Crippen MR) is 110 cm³/mol. The summed E-state index contributed by atoms with van der Waals surface area (Å²) < 4.78 is 0. The van der Waals surface area contributed by atoms with Crippen LogP contribution < -0.4 is 5.32 Å². The minimum Gasteiger partial charge on any atom is -0.508 e. The van der Waals surface area contributed by atoms with Crippen molar-refractivity contribution in [3.63, 3.8) is 0 Å². The largest absolute Gasteiger partial charge is 0.508 e. The number of carbonyl (C=O) groups is 1. The van der Waals surface area contributed by atoms with Crippen molar-refractivity contribution >= 4 is 22.5 Å². The molecule has 138 valence electrons. The number of fused-ring (bicyclic) bond motifs is 1. The van der Waals surface area contributed by atoms with E-state index >= 15 is 0 Å². The Bertz CT molecular complexity index is 1150. The molecule has 1 aromatic heterocycles. The molecule has 0 unspecified atom stereocenters. The fourth-order valence-corrected chi connectivity index (χ4v) is 3.09. The summed E-state index contributed by atoms with van der Waals surface area (Å²) in [4.78, 5) is 21.3. The fourth-order valence-electron chi connectivity index (χ4n) is 3.09. The van der Waals surface area contributed by atoms with Crippen LogP contribution in [0.2, 0.25) is 0 Å². The van der Waals surface area contributed by atoms with Gasteiger partial charge in [-0.05, 0) is 47.5 Å². The fraction of sp³-hybridized carbons (Fsp3) is 0.0870. The maximum atomic E-state index is 12.5. The van der Waals surface area contributed by atoms with Gasteiger partial charge in [0.2, 0.25) is 5.91 Å². The molecule has 0 atom stereocenters. The van der Waals surface area contributed by atoms with Crippen molar-refractivity contribution in [1.82, 2.24) is 9.97 Å². The van der Waals surface area contributed by atoms with Crippen LogP contribution in [0.1, 0.15) is 11.3 Å². The first kappa shape index (κ1) is 17.7. The van der Waals surface area contributed by atoms with E-state index in [1.54, 1.807) is 30.5 Å². The lowest BCUT2D eigenvalue weighted by molar-refractivity contribution is -0.115. The molecule has 28 heavy (non-hydrogen) atoms. The topological polar surface area (TPSA) is 75.1 Å². The molecular formula is C23H19N3O2. The molecule has 0 bridgehead atoms. The maximum absolute atomic E-state index is 12.5. The highest BCUT2D eigenvalue weighted by Crippen LogP contribution is 2.22. The van der Waals surface area contributed by atoms with Crippen LogP contribution in [0.25, 0.3) is 22.0 Å². The van der Waals surface area contributed by atoms with E-state index in [0.717, 1.165) is 21.9 Å². The molecule has 0 saturated carbocycles. The highest BCUT2D eigenvalue weighted by molar-refractivity contribution is 5.93. The van der Waals surface area contributed by atoms with Crippen molar-refractivity contribution in [1.29, 1.82) is 0 Å². The number of hydrogen-bond acceptors (Lipinski definition) is 4. The number of aryl methyl sites for hydroxylation is 1. The summed E-state index contributed by atoms with van der Waals surface area (Å²) in [5.74, 6) is 0.518. The van der Waals surface area contributed by atoms with Gasteiger partial charge in [-0.15, -0.1) is 0 Å². The second-order valence-electron chi connectivity index (χ2n) is 6.64. The number of phenols is 1. The van der Waals surface area contributed by atoms with Gasteiger partial charge in [0.1, 0.15) is 5.75 Å². The van der Waals surface area contributed by atoms with E-state index < -0.39 is 0 Å². The van der Waals surface area contributed by atoms with Crippen LogP contribution in [0.4, 0.5) is 5.82 Å². The van der Waals surface area contributed by atoms with Crippen LogP contribution in [0, 0.1) is 6.92 Å². The van der Waals surface area contributed by atoms with Gasteiger partial charge in [0.05, 0.1) is 24.0 Å². The Balaban J connectivity index is 1.48. The monoisotopic (exact) mass is 369 g/mol. The first-order valence-electron chi connectivity index (χ1n) is 8.99. The van der Waals surface area contributed by atoms with E-state index in [4.69, 9.17) is 0 Å². The predicted octanol–water partition coefficient (Wildman–Crippen LogP) is 4.49. The van der Waals surface area contributed by atoms with Gasteiger partial charge < -0.3 is 10.4 Å². The lowest BCUT2D eigenvalue weighted by atomic mass is 10.0. The lowest BCUT2D eigenvalue weighted by Gasteiger charge is -2.09. The van der Waals surface area contributed by atoms with Crippen LogP contribution in [0.15, 0.2) is 72.9 Å². The van der Waals surface area contributed by atoms with E-state index in [9.17, 15) is 9.90 Å². The molecule has 3 aromatic carbocycles. The number of nitrogens with one attached hydrogen (secondary N) is 1. The summed E-state index contributed by atoms with van der Waals surface area (Å²) in [5.41, 5.74) is 3.12. The highest BCUT2D eigenvalue weighted by atomic mass is 16.3. The van der Waals surface area contributed by atoms with E-state index in [1.165, 1.54) is 0 Å². The van der Waals surface area contributed by atoms with Crippen molar-refractivity contribution in [3.05, 3.63) is 84.2 Å². The van der Waals surface area contributed by atoms with Gasteiger partial charge in [-0.2, -0.15) is 0 Å². The molecule has 0 aliphatic rings. The Hall–Kier alpha value is -3.73. The number of rotatable bonds is 4. The van der Waals surface area contributed by atoms with E-state index in [1.807, 2.05) is 49.4 Å². The third kappa shape index (κ3) is 3.83. The molecule has 0 radical (unpaired) electrons. The van der Waals surface area contributed by atoms with Gasteiger partial charge in [0, 0.05) is 5.56 Å². The van der Waals surface area contributed by atoms with E-state index in [0.29, 0.717) is 17.2 Å². The third-order valence-electron chi connectivity index (χ3n) is 4.55. The Labute approximate surface area is 162 Å². The lowest BCUT2D eigenvalue weighted by Crippen LogP contribution is -2.16. The van der Waals surface area contributed by atoms with Gasteiger partial charge in [-0.1, -0.05) is 42.5 Å². The molecule has 4 rings (SSSR count). The SMILES string of the molecule is Cc1nc(-c2ccc(O)cc2)cnc1NC(=O)Cc1ccc2ccccc2c1. The number of amides is 1. The van der Waals surface area contributed by atoms with Gasteiger partial charge in [-0.3, -0.25) is 4.79 Å². The van der Waals surface area contributed by atoms with Crippen LogP contribution in [-0.2, 0) is 11.2 Å². The molecule has 4 aromatic rings. The number of hydrogen-bond donors (Lipinski definition) is 2. The van der Waals surface area contributed by atoms with Crippen LogP contribution in [0.5, 0.6) is 5.75 Å². The number of carbonyl (C=O) groups excluding carboxylic acids is 1. The van der Waals surface area contributed by atoms with Crippen molar-refractivity contribution < 1.29 is 9.90 Å². The smallest absolute Gasteiger partial charge is 0.229 e. The molecule has 2 N–H and O–H groups in total. The van der Waals surface area contributed by atoms with Crippen molar-refractivity contribution in [2.24, 2.45) is 0 Å². The molecule has 0 saturated heterocycles. The number of anilines is 1. The molecule has 5 heteroatoms. The zero-order valence-electron chi connectivity index (χ0n) is 15.4. The van der Waals surface area contributed by atoms with E-state index in [-0.39, 0.29) is 18.1 Å². The van der Waals surface area contributed by atoms with E-state index in [2.05, 4.69) is 15.3 Å². The van der Waals surface area contributed by atoms with Crippen molar-refractivity contribution in [2.45, 2.75) is 13.3 Å². The second-order valence-corrected chi connectivity index (χ2v) is 6.64. The summed E-state index contributed by atoms with van der Waals surface area (Å²) in [5, 5.41) is 14.5. The number of phenolic OH excluding ortho intramolecular Hbond substituents is 1. The van der Waals surface area contributed by atoms with Gasteiger partial charge >= 0.3 is 0 Å². The minimum atomic E-state index is -0.134. The van der Waals surface area contributed by atoms with Crippen LogP contribution in [0.3, 0.4) is 0 Å². The van der Waals surface area contributed by atoms with Crippen LogP contribution >= 0.6 is 0 Å². The quantitative estimate of drug-likeness (QED) is 0.556. The second kappa shape index (κ2) is 7.48. The van der Waals surface area contributed by atoms with Gasteiger partial charge in [0.25, 0.3) is 0 Å². The maximum Gasteiger partial charge on any atom is 0.229 e. The highest BCUT2D eigenvalue weighted by Gasteiger charge is 2.10. The minimum absolute atomic E-state index is 0.134. The summed E-state index contributed by atoms with van der Waals surface area (Å²) in [7, 11) is 0. The third-order valence-corrected chi connectivity index (χ3v) is 4.55. The summed E-state index contributed by atoms with van der Waals surface area (Å²) in [6.45, 7) is 1.81. The molecular weight excluding hydrogens is 350 g/mol. The zero-order valence-corrected chi connectivity index (χ0v) is 15.4. The molecule has 0 spiro atoms. The molecule has 0 aliphatic heterocycles. The van der Waals surface area contributed by atoms with Crippen LogP contribution in [-0.4, -0.2) is 21.0 Å². The number of benzene rings is 3. The Morgan fingerprint density at radius 3 is 2.50 bits per heavy atom. The van der Waals surface area contributed by atoms with Crippen molar-refractivity contribution in [2.75, 3.05) is 5.32 Å².